The van der Waals surface area contributed by atoms with Gasteiger partial charge in [-0.05, 0) is 90.8 Å². The van der Waals surface area contributed by atoms with Crippen LogP contribution in [-0.4, -0.2) is 10.9 Å². The molecule has 8 atom stereocenters. The maximum Gasteiger partial charge on any atom is 0.162 e. The summed E-state index contributed by atoms with van der Waals surface area (Å²) in [6.45, 7) is 14.7. The molecule has 0 heterocycles. The second-order valence-electron chi connectivity index (χ2n) is 12.7. The summed E-state index contributed by atoms with van der Waals surface area (Å²) in [5.74, 6) is 5.24. The van der Waals surface area contributed by atoms with Gasteiger partial charge in [-0.3, -0.25) is 4.79 Å². The molecule has 0 saturated heterocycles. The minimum absolute atomic E-state index is 0.143. The fraction of sp³-hybridized carbons (Fsp3) is 0.828. The highest BCUT2D eigenvalue weighted by molar-refractivity contribution is 5.96. The van der Waals surface area contributed by atoms with Crippen LogP contribution in [0.2, 0.25) is 0 Å². The lowest BCUT2D eigenvalue weighted by molar-refractivity contribution is -0.121. The standard InChI is InChI=1S/C29H46O2/c1-18(2)19(3)7-8-20(4)24-11-12-25-23-10-9-22-15-27(31)21(17-30)16-29(22,6)26(23)13-14-28(24,25)5/h10,17-20,22,24-26,30H,7-9,11-16H2,1-6H3. The van der Waals surface area contributed by atoms with Gasteiger partial charge in [0.1, 0.15) is 0 Å². The summed E-state index contributed by atoms with van der Waals surface area (Å²) in [6, 6.07) is 0. The van der Waals surface area contributed by atoms with Gasteiger partial charge in [-0.2, -0.15) is 0 Å². The SMILES string of the molecule is CC(C)C(C)CCC(C)C1CCC2C3=CCC4CC(=O)C(=CO)CC4(C)C3CCC21C. The normalized spacial score (nSPS) is 43.3. The fourth-order valence-electron chi connectivity index (χ4n) is 8.42. The van der Waals surface area contributed by atoms with Crippen molar-refractivity contribution in [3.8, 4) is 0 Å². The maximum absolute atomic E-state index is 12.4. The summed E-state index contributed by atoms with van der Waals surface area (Å²) in [6.07, 6.45) is 14.2. The quantitative estimate of drug-likeness (QED) is 0.275. The fourth-order valence-corrected chi connectivity index (χ4v) is 8.42. The summed E-state index contributed by atoms with van der Waals surface area (Å²) < 4.78 is 0. The van der Waals surface area contributed by atoms with E-state index >= 15 is 0 Å². The Bertz CT molecular complexity index is 761. The van der Waals surface area contributed by atoms with E-state index in [1.807, 2.05) is 0 Å². The van der Waals surface area contributed by atoms with Crippen LogP contribution in [0.4, 0.5) is 0 Å². The zero-order chi connectivity index (χ0) is 22.6. The lowest BCUT2D eigenvalue weighted by Crippen LogP contribution is -2.49. The molecule has 174 valence electrons. The Kier molecular flexibility index (Phi) is 6.25. The molecule has 4 aliphatic carbocycles. The molecule has 0 radical (unpaired) electrons. The molecule has 4 rings (SSSR count). The van der Waals surface area contributed by atoms with Gasteiger partial charge < -0.3 is 5.11 Å². The summed E-state index contributed by atoms with van der Waals surface area (Å²) in [5, 5.41) is 9.68. The summed E-state index contributed by atoms with van der Waals surface area (Å²) in [7, 11) is 0. The molecule has 3 fully saturated rings. The van der Waals surface area contributed by atoms with Crippen molar-refractivity contribution in [2.24, 2.45) is 52.3 Å². The van der Waals surface area contributed by atoms with Crippen molar-refractivity contribution in [3.05, 3.63) is 23.5 Å². The van der Waals surface area contributed by atoms with Crippen LogP contribution in [0.3, 0.4) is 0 Å². The second kappa shape index (κ2) is 8.38. The van der Waals surface area contributed by atoms with E-state index in [2.05, 4.69) is 47.6 Å². The van der Waals surface area contributed by atoms with Crippen molar-refractivity contribution in [1.82, 2.24) is 0 Å². The number of Topliss-reactive ketones (excluding diaryl/α,β-unsaturated/α-hetero) is 1. The summed E-state index contributed by atoms with van der Waals surface area (Å²) in [5.41, 5.74) is 3.01. The number of hydrogen-bond acceptors (Lipinski definition) is 2. The third-order valence-electron chi connectivity index (χ3n) is 11.0. The van der Waals surface area contributed by atoms with Crippen molar-refractivity contribution >= 4 is 5.78 Å². The molecule has 2 nitrogen and oxygen atoms in total. The zero-order valence-corrected chi connectivity index (χ0v) is 20.9. The van der Waals surface area contributed by atoms with Crippen LogP contribution in [0.25, 0.3) is 0 Å². The minimum Gasteiger partial charge on any atom is -0.515 e. The van der Waals surface area contributed by atoms with E-state index in [0.29, 0.717) is 29.2 Å². The van der Waals surface area contributed by atoms with Crippen molar-refractivity contribution in [2.75, 3.05) is 0 Å². The lowest BCUT2D eigenvalue weighted by atomic mass is 9.47. The highest BCUT2D eigenvalue weighted by Gasteiger charge is 2.58. The van der Waals surface area contributed by atoms with E-state index in [9.17, 15) is 9.90 Å². The van der Waals surface area contributed by atoms with Crippen LogP contribution >= 0.6 is 0 Å². The molecule has 0 aromatic rings. The predicted octanol–water partition coefficient (Wildman–Crippen LogP) is 7.89. The summed E-state index contributed by atoms with van der Waals surface area (Å²) in [4.78, 5) is 12.4. The Morgan fingerprint density at radius 2 is 1.77 bits per heavy atom. The number of ketones is 1. The monoisotopic (exact) mass is 426 g/mol. The van der Waals surface area contributed by atoms with Crippen molar-refractivity contribution < 1.29 is 9.90 Å². The number of allylic oxidation sites excluding steroid dienone is 3. The molecular formula is C29H46O2. The molecule has 1 N–H and O–H groups in total. The summed E-state index contributed by atoms with van der Waals surface area (Å²) >= 11 is 0. The van der Waals surface area contributed by atoms with Gasteiger partial charge in [0.05, 0.1) is 6.26 Å². The average Bonchev–Trinajstić information content (AvgIpc) is 3.09. The first-order valence-electron chi connectivity index (χ1n) is 13.2. The van der Waals surface area contributed by atoms with Gasteiger partial charge in [-0.1, -0.05) is 66.0 Å². The van der Waals surface area contributed by atoms with Gasteiger partial charge in [-0.15, -0.1) is 0 Å². The molecule has 0 amide bonds. The highest BCUT2D eigenvalue weighted by atomic mass is 16.2. The Balaban J connectivity index is 1.53. The van der Waals surface area contributed by atoms with Gasteiger partial charge in [0.2, 0.25) is 0 Å². The van der Waals surface area contributed by atoms with Gasteiger partial charge in [0.15, 0.2) is 5.78 Å². The van der Waals surface area contributed by atoms with E-state index in [1.165, 1.54) is 38.5 Å². The molecule has 8 unspecified atom stereocenters. The highest BCUT2D eigenvalue weighted by Crippen LogP contribution is 2.67. The lowest BCUT2D eigenvalue weighted by Gasteiger charge is -2.57. The van der Waals surface area contributed by atoms with Crippen LogP contribution in [0.15, 0.2) is 23.5 Å². The Morgan fingerprint density at radius 3 is 2.45 bits per heavy atom. The van der Waals surface area contributed by atoms with E-state index in [0.717, 1.165) is 48.7 Å². The largest absolute Gasteiger partial charge is 0.515 e. The van der Waals surface area contributed by atoms with Crippen molar-refractivity contribution in [1.29, 1.82) is 0 Å². The number of carbonyl (C=O) groups excluding carboxylic acids is 1. The Morgan fingerprint density at radius 1 is 1.06 bits per heavy atom. The molecule has 31 heavy (non-hydrogen) atoms. The average molecular weight is 427 g/mol. The maximum atomic E-state index is 12.4. The number of aliphatic hydroxyl groups excluding tert-OH is 1. The van der Waals surface area contributed by atoms with Gasteiger partial charge in [0, 0.05) is 12.0 Å². The molecule has 2 heteroatoms. The molecule has 0 bridgehead atoms. The second-order valence-corrected chi connectivity index (χ2v) is 12.7. The molecule has 0 aromatic carbocycles. The van der Waals surface area contributed by atoms with Crippen LogP contribution in [0.5, 0.6) is 0 Å². The van der Waals surface area contributed by atoms with Crippen molar-refractivity contribution in [2.45, 2.75) is 99.3 Å². The van der Waals surface area contributed by atoms with E-state index in [1.54, 1.807) is 5.57 Å². The van der Waals surface area contributed by atoms with Crippen LogP contribution in [0.1, 0.15) is 99.3 Å². The molecule has 0 aliphatic heterocycles. The van der Waals surface area contributed by atoms with E-state index in [4.69, 9.17) is 0 Å². The molecule has 3 saturated carbocycles. The zero-order valence-electron chi connectivity index (χ0n) is 20.9. The molecule has 0 aromatic heterocycles. The third kappa shape index (κ3) is 3.74. The number of rotatable bonds is 5. The smallest absolute Gasteiger partial charge is 0.162 e. The van der Waals surface area contributed by atoms with Gasteiger partial charge >= 0.3 is 0 Å². The van der Waals surface area contributed by atoms with E-state index < -0.39 is 0 Å². The number of fused-ring (bicyclic) bond motifs is 5. The minimum atomic E-state index is 0.143. The van der Waals surface area contributed by atoms with Crippen molar-refractivity contribution in [3.63, 3.8) is 0 Å². The van der Waals surface area contributed by atoms with Crippen LogP contribution in [0, 0.1) is 52.3 Å². The van der Waals surface area contributed by atoms with Crippen LogP contribution in [-0.2, 0) is 4.79 Å². The van der Waals surface area contributed by atoms with E-state index in [-0.39, 0.29) is 11.2 Å². The first-order chi connectivity index (χ1) is 14.6. The molecular weight excluding hydrogens is 380 g/mol. The third-order valence-corrected chi connectivity index (χ3v) is 11.0. The number of aliphatic hydroxyl groups is 1. The Hall–Kier alpha value is -1.05. The Labute approximate surface area is 191 Å². The topological polar surface area (TPSA) is 37.3 Å². The van der Waals surface area contributed by atoms with Gasteiger partial charge in [-0.25, -0.2) is 0 Å². The van der Waals surface area contributed by atoms with Crippen LogP contribution < -0.4 is 0 Å². The first-order valence-corrected chi connectivity index (χ1v) is 13.2. The number of carbonyl (C=O) groups is 1. The first kappa shape index (κ1) is 23.1. The number of hydrogen-bond donors (Lipinski definition) is 1. The molecule has 4 aliphatic rings. The predicted molar refractivity (Wildman–Crippen MR) is 129 cm³/mol. The van der Waals surface area contributed by atoms with Gasteiger partial charge in [0.25, 0.3) is 0 Å². The molecule has 0 spiro atoms.